The van der Waals surface area contributed by atoms with Gasteiger partial charge in [-0.3, -0.25) is 0 Å². The smallest absolute Gasteiger partial charge is 0.335 e. The van der Waals surface area contributed by atoms with Crippen LogP contribution >= 0.6 is 0 Å². The van der Waals surface area contributed by atoms with Crippen LogP contribution in [0.1, 0.15) is 39.9 Å². The third-order valence-corrected chi connectivity index (χ3v) is 6.00. The molecule has 28 heavy (non-hydrogen) atoms. The largest absolute Gasteiger partial charge is 0.478 e. The number of carbonyl (C=O) groups is 1. The molecular formula is C25H21NO2. The number of hydrogen-bond donors (Lipinski definition) is 2. The maximum absolute atomic E-state index is 11.2. The first-order valence-electron chi connectivity index (χ1n) is 9.67. The van der Waals surface area contributed by atoms with Crippen molar-refractivity contribution in [1.82, 2.24) is 0 Å². The average Bonchev–Trinajstić information content (AvgIpc) is 3.24. The molecule has 0 spiro atoms. The van der Waals surface area contributed by atoms with Gasteiger partial charge in [-0.25, -0.2) is 4.79 Å². The second-order valence-electron chi connectivity index (χ2n) is 7.54. The van der Waals surface area contributed by atoms with Crippen LogP contribution in [0.4, 0.5) is 5.69 Å². The van der Waals surface area contributed by atoms with Gasteiger partial charge in [0, 0.05) is 17.2 Å². The van der Waals surface area contributed by atoms with E-state index in [0.29, 0.717) is 17.4 Å². The predicted octanol–water partition coefficient (Wildman–Crippen LogP) is 5.88. The molecule has 1 aliphatic heterocycles. The molecule has 3 heteroatoms. The molecule has 1 heterocycles. The fourth-order valence-electron chi connectivity index (χ4n) is 4.64. The predicted molar refractivity (Wildman–Crippen MR) is 112 cm³/mol. The summed E-state index contributed by atoms with van der Waals surface area (Å²) in [5, 5.41) is 13.0. The summed E-state index contributed by atoms with van der Waals surface area (Å²) in [4.78, 5) is 11.2. The number of carboxylic acids is 1. The van der Waals surface area contributed by atoms with Crippen molar-refractivity contribution in [1.29, 1.82) is 0 Å². The first-order valence-corrected chi connectivity index (χ1v) is 9.67. The molecule has 2 N–H and O–H groups in total. The van der Waals surface area contributed by atoms with E-state index in [-0.39, 0.29) is 6.04 Å². The van der Waals surface area contributed by atoms with Crippen molar-refractivity contribution in [3.8, 4) is 11.1 Å². The number of aromatic carboxylic acids is 1. The molecule has 3 nitrogen and oxygen atoms in total. The first-order chi connectivity index (χ1) is 13.7. The number of benzene rings is 3. The second-order valence-corrected chi connectivity index (χ2v) is 7.54. The highest BCUT2D eigenvalue weighted by molar-refractivity contribution is 5.87. The maximum atomic E-state index is 11.2. The Morgan fingerprint density at radius 1 is 0.929 bits per heavy atom. The van der Waals surface area contributed by atoms with Crippen molar-refractivity contribution < 1.29 is 9.90 Å². The summed E-state index contributed by atoms with van der Waals surface area (Å²) in [6, 6.07) is 24.5. The molecular weight excluding hydrogens is 346 g/mol. The first kappa shape index (κ1) is 16.8. The molecule has 138 valence electrons. The minimum absolute atomic E-state index is 0.153. The molecule has 1 aliphatic carbocycles. The molecule has 2 aliphatic rings. The van der Waals surface area contributed by atoms with Gasteiger partial charge in [0.1, 0.15) is 0 Å². The molecule has 3 atom stereocenters. The van der Waals surface area contributed by atoms with Crippen molar-refractivity contribution >= 4 is 11.7 Å². The van der Waals surface area contributed by atoms with E-state index in [4.69, 9.17) is 0 Å². The quantitative estimate of drug-likeness (QED) is 0.569. The average molecular weight is 367 g/mol. The molecule has 3 aromatic rings. The summed E-state index contributed by atoms with van der Waals surface area (Å²) in [6.07, 6.45) is 5.63. The lowest BCUT2D eigenvalue weighted by atomic mass is 9.76. The summed E-state index contributed by atoms with van der Waals surface area (Å²) in [5.74, 6) is -0.0708. The molecule has 0 saturated heterocycles. The van der Waals surface area contributed by atoms with E-state index in [9.17, 15) is 9.90 Å². The number of anilines is 1. The summed E-state index contributed by atoms with van der Waals surface area (Å²) in [6.45, 7) is 0. The zero-order chi connectivity index (χ0) is 19.1. The van der Waals surface area contributed by atoms with Gasteiger partial charge in [-0.15, -0.1) is 0 Å². The van der Waals surface area contributed by atoms with Crippen molar-refractivity contribution in [3.05, 3.63) is 102 Å². The van der Waals surface area contributed by atoms with E-state index in [1.165, 1.54) is 22.4 Å². The normalized spacial score (nSPS) is 22.2. The lowest BCUT2D eigenvalue weighted by molar-refractivity contribution is 0.0697. The SMILES string of the molecule is O=C(O)c1ccc([C@H]2Nc3c(-c4ccccc4)cccc3[C@@H]3C=CC[C@H]23)cc1. The van der Waals surface area contributed by atoms with E-state index in [1.54, 1.807) is 12.1 Å². The summed E-state index contributed by atoms with van der Waals surface area (Å²) in [5.41, 5.74) is 6.41. The van der Waals surface area contributed by atoms with Crippen LogP contribution in [0.3, 0.4) is 0 Å². The Kier molecular flexibility index (Phi) is 4.01. The van der Waals surface area contributed by atoms with E-state index in [0.717, 1.165) is 12.0 Å². The number of carboxylic acid groups (broad SMARTS) is 1. The summed E-state index contributed by atoms with van der Waals surface area (Å²) >= 11 is 0. The zero-order valence-corrected chi connectivity index (χ0v) is 15.4. The lowest BCUT2D eigenvalue weighted by Crippen LogP contribution is -2.29. The molecule has 0 aromatic heterocycles. The van der Waals surface area contributed by atoms with Gasteiger partial charge in [0.2, 0.25) is 0 Å². The van der Waals surface area contributed by atoms with Crippen LogP contribution < -0.4 is 5.32 Å². The van der Waals surface area contributed by atoms with Gasteiger partial charge in [-0.1, -0.05) is 72.8 Å². The molecule has 5 rings (SSSR count). The van der Waals surface area contributed by atoms with Crippen molar-refractivity contribution in [3.63, 3.8) is 0 Å². The Labute approximate surface area is 164 Å². The van der Waals surface area contributed by atoms with E-state index in [1.807, 2.05) is 18.2 Å². The highest BCUT2D eigenvalue weighted by Gasteiger charge is 2.38. The highest BCUT2D eigenvalue weighted by atomic mass is 16.4. The standard InChI is InChI=1S/C25H21NO2/c27-25(28)18-14-12-17(13-15-18)23-21-10-5-9-20(21)22-11-4-8-19(24(22)26-23)16-6-2-1-3-7-16/h1-9,11-15,20-21,23,26H,10H2,(H,27,28)/t20-,21+,23-/m1/s1. The molecule has 3 aromatic carbocycles. The molecule has 0 radical (unpaired) electrons. The third-order valence-electron chi connectivity index (χ3n) is 6.00. The minimum Gasteiger partial charge on any atom is -0.478 e. The summed E-state index contributed by atoms with van der Waals surface area (Å²) in [7, 11) is 0. The van der Waals surface area contributed by atoms with Crippen LogP contribution in [-0.4, -0.2) is 11.1 Å². The number of hydrogen-bond acceptors (Lipinski definition) is 2. The van der Waals surface area contributed by atoms with Gasteiger partial charge in [-0.2, -0.15) is 0 Å². The molecule has 0 unspecified atom stereocenters. The van der Waals surface area contributed by atoms with Gasteiger partial charge >= 0.3 is 5.97 Å². The maximum Gasteiger partial charge on any atom is 0.335 e. The van der Waals surface area contributed by atoms with Gasteiger partial charge < -0.3 is 10.4 Å². The van der Waals surface area contributed by atoms with Crippen LogP contribution in [0.2, 0.25) is 0 Å². The van der Waals surface area contributed by atoms with Crippen molar-refractivity contribution in [2.24, 2.45) is 5.92 Å². The lowest BCUT2D eigenvalue weighted by Gasteiger charge is -2.38. The van der Waals surface area contributed by atoms with E-state index in [2.05, 4.69) is 59.9 Å². The van der Waals surface area contributed by atoms with Gasteiger partial charge in [0.05, 0.1) is 11.6 Å². The van der Waals surface area contributed by atoms with E-state index >= 15 is 0 Å². The van der Waals surface area contributed by atoms with Crippen molar-refractivity contribution in [2.45, 2.75) is 18.4 Å². The third kappa shape index (κ3) is 2.71. The van der Waals surface area contributed by atoms with Gasteiger partial charge in [0.15, 0.2) is 0 Å². The fraction of sp³-hybridized carbons (Fsp3) is 0.160. The monoisotopic (exact) mass is 367 g/mol. The Hall–Kier alpha value is -3.33. The van der Waals surface area contributed by atoms with Crippen LogP contribution in [0, 0.1) is 5.92 Å². The van der Waals surface area contributed by atoms with Crippen LogP contribution in [0.25, 0.3) is 11.1 Å². The Morgan fingerprint density at radius 2 is 1.71 bits per heavy atom. The molecule has 0 saturated carbocycles. The second kappa shape index (κ2) is 6.68. The van der Waals surface area contributed by atoms with E-state index < -0.39 is 5.97 Å². The fourth-order valence-corrected chi connectivity index (χ4v) is 4.64. The van der Waals surface area contributed by atoms with Crippen LogP contribution in [0.5, 0.6) is 0 Å². The molecule has 0 amide bonds. The summed E-state index contributed by atoms with van der Waals surface area (Å²) < 4.78 is 0. The molecule has 0 fully saturated rings. The van der Waals surface area contributed by atoms with Crippen LogP contribution in [-0.2, 0) is 0 Å². The zero-order valence-electron chi connectivity index (χ0n) is 15.4. The highest BCUT2D eigenvalue weighted by Crippen LogP contribution is 2.52. The van der Waals surface area contributed by atoms with Gasteiger partial charge in [-0.05, 0) is 41.2 Å². The Bertz CT molecular complexity index is 1050. The van der Waals surface area contributed by atoms with Gasteiger partial charge in [0.25, 0.3) is 0 Å². The minimum atomic E-state index is -0.889. The number of rotatable bonds is 3. The number of fused-ring (bicyclic) bond motifs is 3. The van der Waals surface area contributed by atoms with Crippen LogP contribution in [0.15, 0.2) is 84.9 Å². The number of nitrogens with one attached hydrogen (secondary N) is 1. The Balaban J connectivity index is 1.60. The Morgan fingerprint density at radius 3 is 2.46 bits per heavy atom. The number of allylic oxidation sites excluding steroid dienone is 2. The van der Waals surface area contributed by atoms with Crippen molar-refractivity contribution in [2.75, 3.05) is 5.32 Å². The number of para-hydroxylation sites is 1. The molecule has 0 bridgehead atoms. The topological polar surface area (TPSA) is 49.3 Å².